The van der Waals surface area contributed by atoms with E-state index in [1.807, 2.05) is 0 Å². The van der Waals surface area contributed by atoms with E-state index in [0.717, 1.165) is 78.0 Å². The summed E-state index contributed by atoms with van der Waals surface area (Å²) in [6.07, 6.45) is 0. The lowest BCUT2D eigenvalue weighted by molar-refractivity contribution is 0.572. The first-order valence-electron chi connectivity index (χ1n) is 24.6. The van der Waals surface area contributed by atoms with Gasteiger partial charge in [-0.3, -0.25) is 0 Å². The maximum atomic E-state index is 6.98. The van der Waals surface area contributed by atoms with E-state index in [4.69, 9.17) is 8.83 Å². The van der Waals surface area contributed by atoms with E-state index in [1.54, 1.807) is 0 Å². The number of nitrogens with zero attached hydrogens (tertiary/aromatic N) is 2. The Morgan fingerprint density at radius 1 is 0.314 bits per heavy atom. The van der Waals surface area contributed by atoms with E-state index in [9.17, 15) is 0 Å². The molecule has 0 saturated heterocycles. The number of hydrogen-bond donors (Lipinski definition) is 0. The van der Waals surface area contributed by atoms with E-state index < -0.39 is 0 Å². The van der Waals surface area contributed by atoms with Crippen LogP contribution in [0.3, 0.4) is 0 Å². The van der Waals surface area contributed by atoms with E-state index in [-0.39, 0.29) is 10.8 Å². The van der Waals surface area contributed by atoms with Crippen molar-refractivity contribution in [1.82, 2.24) is 0 Å². The smallest absolute Gasteiger partial charge is 0.159 e. The van der Waals surface area contributed by atoms with Gasteiger partial charge in [-0.1, -0.05) is 139 Å². The molecule has 0 N–H and O–H groups in total. The SMILES string of the molecule is Cc1cccc(N(c2ccc3cc4c(cc3c2)-c2cc3cc(N(c5cccc(C)c5)c5cccc6c5oc5c(C(C)(C)C)cccc56)ccc3cc2-4)c2cccc3c2oc2c(C(C)(C)C)cccc23)c1. The first kappa shape index (κ1) is 42.1. The second-order valence-corrected chi connectivity index (χ2v) is 21.6. The van der Waals surface area contributed by atoms with Crippen LogP contribution in [0, 0.1) is 13.8 Å². The maximum Gasteiger partial charge on any atom is 0.159 e. The minimum Gasteiger partial charge on any atom is -0.454 e. The molecule has 2 heterocycles. The van der Waals surface area contributed by atoms with Crippen LogP contribution < -0.4 is 9.80 Å². The molecule has 13 rings (SSSR count). The Labute approximate surface area is 409 Å². The summed E-state index contributed by atoms with van der Waals surface area (Å²) in [7, 11) is 0. The zero-order chi connectivity index (χ0) is 47.8. The van der Waals surface area contributed by atoms with Gasteiger partial charge >= 0.3 is 0 Å². The monoisotopic (exact) mass is 906 g/mol. The highest BCUT2D eigenvalue weighted by Crippen LogP contribution is 2.53. The summed E-state index contributed by atoms with van der Waals surface area (Å²) in [5, 5.41) is 9.35. The summed E-state index contributed by atoms with van der Waals surface area (Å²) >= 11 is 0. The van der Waals surface area contributed by atoms with Crippen LogP contribution in [0.1, 0.15) is 63.8 Å². The molecule has 0 spiro atoms. The lowest BCUT2D eigenvalue weighted by atomic mass is 9.78. The highest BCUT2D eigenvalue weighted by molar-refractivity contribution is 6.15. The average Bonchev–Trinajstić information content (AvgIpc) is 3.92. The topological polar surface area (TPSA) is 32.8 Å². The van der Waals surface area contributed by atoms with Crippen molar-refractivity contribution in [3.63, 3.8) is 0 Å². The molecule has 0 saturated carbocycles. The standard InChI is InChI=1S/C66H54N2O2/c1-39-15-9-17-45(31-39)67(59-25-13-21-51-49-19-11-23-57(65(3,4)5)61(49)69-63(51)59)47-29-27-41-35-53-54-36-42-28-30-48(34-44(42)38-56(54)55(53)37-43(41)33-47)68(46-18-10-16-40(2)32-46)60-26-14-22-52-50-20-12-24-58(66(6,7)8)62(50)70-64(52)60/h9-38H,1-8H3. The van der Waals surface area contributed by atoms with E-state index in [2.05, 4.69) is 247 Å². The Morgan fingerprint density at radius 3 is 1.04 bits per heavy atom. The second kappa shape index (κ2) is 15.2. The number of furan rings is 2. The Kier molecular flexibility index (Phi) is 9.14. The highest BCUT2D eigenvalue weighted by atomic mass is 16.3. The fourth-order valence-electron chi connectivity index (χ4n) is 11.2. The summed E-state index contributed by atoms with van der Waals surface area (Å²) in [4.78, 5) is 4.73. The lowest BCUT2D eigenvalue weighted by Crippen LogP contribution is -2.11. The predicted molar refractivity (Wildman–Crippen MR) is 297 cm³/mol. The van der Waals surface area contributed by atoms with Crippen molar-refractivity contribution >= 4 is 99.5 Å². The van der Waals surface area contributed by atoms with Crippen LogP contribution in [0.15, 0.2) is 191 Å². The maximum absolute atomic E-state index is 6.98. The first-order valence-corrected chi connectivity index (χ1v) is 24.6. The number of aryl methyl sites for hydroxylation is 2. The molecular formula is C66H54N2O2. The molecule has 2 aromatic heterocycles. The molecule has 0 bridgehead atoms. The molecule has 4 heteroatoms. The zero-order valence-corrected chi connectivity index (χ0v) is 41.0. The number of benzene rings is 10. The molecule has 1 aliphatic carbocycles. The number of hydrogen-bond acceptors (Lipinski definition) is 4. The van der Waals surface area contributed by atoms with Crippen LogP contribution in [0.4, 0.5) is 34.1 Å². The molecule has 1 aliphatic rings. The van der Waals surface area contributed by atoms with Gasteiger partial charge in [0.15, 0.2) is 11.2 Å². The van der Waals surface area contributed by atoms with Crippen molar-refractivity contribution in [2.45, 2.75) is 66.2 Å². The molecule has 0 radical (unpaired) electrons. The minimum atomic E-state index is -0.0685. The van der Waals surface area contributed by atoms with Crippen LogP contribution >= 0.6 is 0 Å². The van der Waals surface area contributed by atoms with Crippen LogP contribution in [0.5, 0.6) is 0 Å². The molecular weight excluding hydrogens is 853 g/mol. The summed E-state index contributed by atoms with van der Waals surface area (Å²) < 4.78 is 14.0. The fourth-order valence-corrected chi connectivity index (χ4v) is 11.2. The Balaban J connectivity index is 0.932. The Morgan fingerprint density at radius 2 is 0.657 bits per heavy atom. The second-order valence-electron chi connectivity index (χ2n) is 21.6. The normalized spacial score (nSPS) is 12.6. The molecule has 10 aromatic carbocycles. The molecule has 70 heavy (non-hydrogen) atoms. The number of rotatable bonds is 6. The molecule has 0 aliphatic heterocycles. The Bertz CT molecular complexity index is 3870. The van der Waals surface area contributed by atoms with Gasteiger partial charge < -0.3 is 18.6 Å². The van der Waals surface area contributed by atoms with Gasteiger partial charge in [0.1, 0.15) is 11.2 Å². The van der Waals surface area contributed by atoms with Crippen molar-refractivity contribution in [3.8, 4) is 22.3 Å². The van der Waals surface area contributed by atoms with Crippen molar-refractivity contribution in [2.75, 3.05) is 9.80 Å². The first-order chi connectivity index (χ1) is 33.8. The number of anilines is 6. The summed E-state index contributed by atoms with van der Waals surface area (Å²) in [6, 6.07) is 67.1. The predicted octanol–water partition coefficient (Wildman–Crippen LogP) is 19.6. The average molecular weight is 907 g/mol. The third kappa shape index (κ3) is 6.57. The van der Waals surface area contributed by atoms with Crippen LogP contribution in [-0.2, 0) is 10.8 Å². The van der Waals surface area contributed by atoms with Crippen molar-refractivity contribution in [2.24, 2.45) is 0 Å². The lowest BCUT2D eigenvalue weighted by Gasteiger charge is -2.29. The summed E-state index contributed by atoms with van der Waals surface area (Å²) in [6.45, 7) is 17.8. The van der Waals surface area contributed by atoms with Gasteiger partial charge in [0.25, 0.3) is 0 Å². The summed E-state index contributed by atoms with van der Waals surface area (Å²) in [5.74, 6) is 0. The molecule has 0 amide bonds. The van der Waals surface area contributed by atoms with E-state index in [0.29, 0.717) is 0 Å². The van der Waals surface area contributed by atoms with Crippen molar-refractivity contribution < 1.29 is 8.83 Å². The third-order valence-electron chi connectivity index (χ3n) is 14.6. The molecule has 4 nitrogen and oxygen atoms in total. The molecule has 0 unspecified atom stereocenters. The van der Waals surface area contributed by atoms with Gasteiger partial charge in [0, 0.05) is 55.4 Å². The highest BCUT2D eigenvalue weighted by Gasteiger charge is 2.28. The van der Waals surface area contributed by atoms with Gasteiger partial charge in [-0.25, -0.2) is 0 Å². The van der Waals surface area contributed by atoms with Gasteiger partial charge in [-0.05, 0) is 165 Å². The fraction of sp³-hybridized carbons (Fsp3) is 0.152. The van der Waals surface area contributed by atoms with Crippen molar-refractivity contribution in [1.29, 1.82) is 0 Å². The molecule has 340 valence electrons. The number of para-hydroxylation sites is 4. The molecule has 0 atom stereocenters. The van der Waals surface area contributed by atoms with Crippen LogP contribution in [0.2, 0.25) is 0 Å². The molecule has 0 fully saturated rings. The van der Waals surface area contributed by atoms with Crippen LogP contribution in [-0.4, -0.2) is 0 Å². The summed E-state index contributed by atoms with van der Waals surface area (Å²) in [5.41, 5.74) is 19.9. The number of fused-ring (bicyclic) bond motifs is 12. The van der Waals surface area contributed by atoms with Gasteiger partial charge in [0.05, 0.1) is 11.4 Å². The molecule has 12 aromatic rings. The zero-order valence-electron chi connectivity index (χ0n) is 41.0. The van der Waals surface area contributed by atoms with E-state index >= 15 is 0 Å². The minimum absolute atomic E-state index is 0.0685. The van der Waals surface area contributed by atoms with Gasteiger partial charge in [0.2, 0.25) is 0 Å². The quantitative estimate of drug-likeness (QED) is 0.166. The van der Waals surface area contributed by atoms with Crippen LogP contribution in [0.25, 0.3) is 87.7 Å². The Hall–Kier alpha value is -8.08. The van der Waals surface area contributed by atoms with Gasteiger partial charge in [-0.15, -0.1) is 0 Å². The third-order valence-corrected chi connectivity index (χ3v) is 14.6. The van der Waals surface area contributed by atoms with Gasteiger partial charge in [-0.2, -0.15) is 0 Å². The van der Waals surface area contributed by atoms with E-state index in [1.165, 1.54) is 66.1 Å². The largest absolute Gasteiger partial charge is 0.454 e. The van der Waals surface area contributed by atoms with Crippen molar-refractivity contribution in [3.05, 3.63) is 204 Å².